The predicted molar refractivity (Wildman–Crippen MR) is 82.2 cm³/mol. The van der Waals surface area contributed by atoms with E-state index in [0.717, 1.165) is 33.7 Å². The zero-order valence-corrected chi connectivity index (χ0v) is 13.6. The van der Waals surface area contributed by atoms with Crippen LogP contribution in [0.3, 0.4) is 0 Å². The Labute approximate surface area is 126 Å². The summed E-state index contributed by atoms with van der Waals surface area (Å²) >= 11 is 6.99. The van der Waals surface area contributed by atoms with Crippen LogP contribution in [-0.4, -0.2) is 19.7 Å². The number of rotatable bonds is 6. The first-order chi connectivity index (χ1) is 8.77. The summed E-state index contributed by atoms with van der Waals surface area (Å²) < 4.78 is 7.76. The molecule has 1 fully saturated rings. The van der Waals surface area contributed by atoms with E-state index in [0.29, 0.717) is 6.61 Å². The molecule has 0 heterocycles. The maximum absolute atomic E-state index is 5.78. The molecule has 0 unspecified atom stereocenters. The SMILES string of the molecule is Brc1cccc(Br)c1OCCNCC1CCCC1. The molecule has 0 spiro atoms. The highest BCUT2D eigenvalue weighted by atomic mass is 79.9. The number of hydrogen-bond donors (Lipinski definition) is 1. The van der Waals surface area contributed by atoms with Gasteiger partial charge in [-0.05, 0) is 69.3 Å². The first kappa shape index (κ1) is 14.4. The van der Waals surface area contributed by atoms with E-state index in [4.69, 9.17) is 4.74 Å². The van der Waals surface area contributed by atoms with Gasteiger partial charge in [0.2, 0.25) is 0 Å². The van der Waals surface area contributed by atoms with Crippen molar-refractivity contribution in [2.75, 3.05) is 19.7 Å². The Morgan fingerprint density at radius 2 is 1.83 bits per heavy atom. The van der Waals surface area contributed by atoms with Crippen molar-refractivity contribution in [2.45, 2.75) is 25.7 Å². The summed E-state index contributed by atoms with van der Waals surface area (Å²) in [6, 6.07) is 5.97. The fourth-order valence-electron chi connectivity index (χ4n) is 2.37. The van der Waals surface area contributed by atoms with Crippen molar-refractivity contribution in [3.63, 3.8) is 0 Å². The summed E-state index contributed by atoms with van der Waals surface area (Å²) in [6.07, 6.45) is 5.60. The van der Waals surface area contributed by atoms with Gasteiger partial charge in [-0.25, -0.2) is 0 Å². The van der Waals surface area contributed by atoms with E-state index in [1.807, 2.05) is 18.2 Å². The van der Waals surface area contributed by atoms with Crippen molar-refractivity contribution in [1.82, 2.24) is 5.32 Å². The van der Waals surface area contributed by atoms with Gasteiger partial charge in [0.05, 0.1) is 8.95 Å². The molecule has 1 aromatic carbocycles. The minimum absolute atomic E-state index is 0.702. The Hall–Kier alpha value is -0.0600. The van der Waals surface area contributed by atoms with Gasteiger partial charge in [0.1, 0.15) is 12.4 Å². The van der Waals surface area contributed by atoms with Crippen molar-refractivity contribution >= 4 is 31.9 Å². The average Bonchev–Trinajstić information content (AvgIpc) is 2.85. The molecule has 18 heavy (non-hydrogen) atoms. The molecule has 0 radical (unpaired) electrons. The predicted octanol–water partition coefficient (Wildman–Crippen LogP) is 4.37. The van der Waals surface area contributed by atoms with Crippen LogP contribution in [0.15, 0.2) is 27.1 Å². The van der Waals surface area contributed by atoms with E-state index in [9.17, 15) is 0 Å². The summed E-state index contributed by atoms with van der Waals surface area (Å²) in [5.41, 5.74) is 0. The molecule has 2 rings (SSSR count). The molecule has 0 aromatic heterocycles. The molecule has 0 amide bonds. The molecule has 1 saturated carbocycles. The van der Waals surface area contributed by atoms with Crippen molar-refractivity contribution in [2.24, 2.45) is 5.92 Å². The van der Waals surface area contributed by atoms with Gasteiger partial charge in [-0.3, -0.25) is 0 Å². The fourth-order valence-corrected chi connectivity index (χ4v) is 3.59. The van der Waals surface area contributed by atoms with Gasteiger partial charge in [0.15, 0.2) is 0 Å². The lowest BCUT2D eigenvalue weighted by Gasteiger charge is -2.12. The number of hydrogen-bond acceptors (Lipinski definition) is 2. The summed E-state index contributed by atoms with van der Waals surface area (Å²) in [6.45, 7) is 2.75. The molecule has 4 heteroatoms. The van der Waals surface area contributed by atoms with E-state index in [2.05, 4.69) is 37.2 Å². The van der Waals surface area contributed by atoms with E-state index < -0.39 is 0 Å². The van der Waals surface area contributed by atoms with Gasteiger partial charge < -0.3 is 10.1 Å². The van der Waals surface area contributed by atoms with E-state index in [1.165, 1.54) is 25.7 Å². The molecule has 1 aromatic rings. The Kier molecular flexibility index (Phi) is 5.99. The van der Waals surface area contributed by atoms with Gasteiger partial charge in [0, 0.05) is 6.54 Å². The van der Waals surface area contributed by atoms with Crippen LogP contribution in [0, 0.1) is 5.92 Å². The maximum atomic E-state index is 5.78. The largest absolute Gasteiger partial charge is 0.490 e. The zero-order chi connectivity index (χ0) is 12.8. The molecule has 1 N–H and O–H groups in total. The van der Waals surface area contributed by atoms with Crippen LogP contribution in [0.4, 0.5) is 0 Å². The quantitative estimate of drug-likeness (QED) is 0.744. The van der Waals surface area contributed by atoms with Crippen LogP contribution in [0.25, 0.3) is 0 Å². The average molecular weight is 377 g/mol. The minimum atomic E-state index is 0.702. The van der Waals surface area contributed by atoms with Gasteiger partial charge >= 0.3 is 0 Å². The monoisotopic (exact) mass is 375 g/mol. The molecule has 0 bridgehead atoms. The smallest absolute Gasteiger partial charge is 0.147 e. The molecule has 0 aliphatic heterocycles. The standard InChI is InChI=1S/C14H19Br2NO/c15-12-6-3-7-13(16)14(12)18-9-8-17-10-11-4-1-2-5-11/h3,6-7,11,17H,1-2,4-5,8-10H2. The number of para-hydroxylation sites is 1. The van der Waals surface area contributed by atoms with E-state index in [-0.39, 0.29) is 0 Å². The van der Waals surface area contributed by atoms with Crippen molar-refractivity contribution in [1.29, 1.82) is 0 Å². The van der Waals surface area contributed by atoms with Crippen LogP contribution in [0.2, 0.25) is 0 Å². The summed E-state index contributed by atoms with van der Waals surface area (Å²) in [7, 11) is 0. The van der Waals surface area contributed by atoms with Crippen LogP contribution in [0.5, 0.6) is 5.75 Å². The summed E-state index contributed by atoms with van der Waals surface area (Å²) in [5, 5.41) is 3.48. The lowest BCUT2D eigenvalue weighted by atomic mass is 10.1. The Morgan fingerprint density at radius 1 is 1.17 bits per heavy atom. The fraction of sp³-hybridized carbons (Fsp3) is 0.571. The molecule has 1 aliphatic carbocycles. The van der Waals surface area contributed by atoms with Gasteiger partial charge in [-0.1, -0.05) is 18.9 Å². The van der Waals surface area contributed by atoms with Crippen LogP contribution in [0.1, 0.15) is 25.7 Å². The van der Waals surface area contributed by atoms with Crippen LogP contribution >= 0.6 is 31.9 Å². The number of ether oxygens (including phenoxy) is 1. The Balaban J connectivity index is 1.65. The highest BCUT2D eigenvalue weighted by molar-refractivity contribution is 9.11. The van der Waals surface area contributed by atoms with E-state index >= 15 is 0 Å². The highest BCUT2D eigenvalue weighted by Crippen LogP contribution is 2.32. The highest BCUT2D eigenvalue weighted by Gasteiger charge is 2.13. The molecule has 100 valence electrons. The van der Waals surface area contributed by atoms with E-state index in [1.54, 1.807) is 0 Å². The third-order valence-electron chi connectivity index (χ3n) is 3.35. The summed E-state index contributed by atoms with van der Waals surface area (Å²) in [4.78, 5) is 0. The minimum Gasteiger partial charge on any atom is -0.490 e. The number of benzene rings is 1. The first-order valence-electron chi connectivity index (χ1n) is 6.55. The van der Waals surface area contributed by atoms with Crippen molar-refractivity contribution < 1.29 is 4.74 Å². The van der Waals surface area contributed by atoms with Crippen molar-refractivity contribution in [3.05, 3.63) is 27.1 Å². The molecule has 2 nitrogen and oxygen atoms in total. The summed E-state index contributed by atoms with van der Waals surface area (Å²) in [5.74, 6) is 1.78. The second kappa shape index (κ2) is 7.51. The Morgan fingerprint density at radius 3 is 2.50 bits per heavy atom. The molecular weight excluding hydrogens is 358 g/mol. The van der Waals surface area contributed by atoms with Gasteiger partial charge in [0.25, 0.3) is 0 Å². The normalized spacial score (nSPS) is 16.1. The van der Waals surface area contributed by atoms with Crippen molar-refractivity contribution in [3.8, 4) is 5.75 Å². The lowest BCUT2D eigenvalue weighted by molar-refractivity contribution is 0.305. The molecular formula is C14H19Br2NO. The van der Waals surface area contributed by atoms with Gasteiger partial charge in [-0.2, -0.15) is 0 Å². The topological polar surface area (TPSA) is 21.3 Å². The third kappa shape index (κ3) is 4.25. The zero-order valence-electron chi connectivity index (χ0n) is 10.4. The first-order valence-corrected chi connectivity index (χ1v) is 8.13. The van der Waals surface area contributed by atoms with Crippen LogP contribution in [-0.2, 0) is 0 Å². The second-order valence-corrected chi connectivity index (χ2v) is 6.46. The molecule has 0 saturated heterocycles. The molecule has 0 atom stereocenters. The van der Waals surface area contributed by atoms with Crippen LogP contribution < -0.4 is 10.1 Å². The lowest BCUT2D eigenvalue weighted by Crippen LogP contribution is -2.26. The Bertz CT molecular complexity index is 358. The third-order valence-corrected chi connectivity index (χ3v) is 4.60. The number of halogens is 2. The number of nitrogens with one attached hydrogen (secondary N) is 1. The maximum Gasteiger partial charge on any atom is 0.147 e. The van der Waals surface area contributed by atoms with Gasteiger partial charge in [-0.15, -0.1) is 0 Å². The molecule has 1 aliphatic rings. The second-order valence-electron chi connectivity index (χ2n) is 4.75.